The minimum Gasteiger partial charge on any atom is -0.496 e. The molecule has 0 amide bonds. The monoisotopic (exact) mass is 310 g/mol. The second-order valence-corrected chi connectivity index (χ2v) is 3.97. The van der Waals surface area contributed by atoms with Crippen molar-refractivity contribution < 1.29 is 14.6 Å². The Kier molecular flexibility index (Phi) is 4.91. The molecule has 3 nitrogen and oxygen atoms in total. The zero-order valence-electron chi connectivity index (χ0n) is 8.31. The fraction of sp³-hybridized carbons (Fsp3) is 0.600. The van der Waals surface area contributed by atoms with E-state index in [1.54, 1.807) is 0 Å². The summed E-state index contributed by atoms with van der Waals surface area (Å²) in [5.74, 6) is 0.808. The van der Waals surface area contributed by atoms with Gasteiger partial charge in [0.25, 0.3) is 0 Å². The summed E-state index contributed by atoms with van der Waals surface area (Å²) in [5.41, 5.74) is 0. The molecule has 0 aliphatic carbocycles. The van der Waals surface area contributed by atoms with Gasteiger partial charge in [-0.05, 0) is 16.6 Å². The Morgan fingerprint density at radius 3 is 3.00 bits per heavy atom. The molecule has 1 N–H and O–H groups in total. The number of rotatable bonds is 3. The van der Waals surface area contributed by atoms with Crippen molar-refractivity contribution in [3.05, 3.63) is 22.0 Å². The van der Waals surface area contributed by atoms with E-state index < -0.39 is 6.29 Å². The number of hydrogen-bond acceptors (Lipinski definition) is 3. The molecular weight excluding hydrogens is 295 g/mol. The molecule has 0 spiro atoms. The van der Waals surface area contributed by atoms with Crippen LogP contribution in [-0.4, -0.2) is 24.6 Å². The van der Waals surface area contributed by atoms with Crippen LogP contribution in [0.2, 0.25) is 0 Å². The van der Waals surface area contributed by atoms with Crippen molar-refractivity contribution in [3.8, 4) is 0 Å². The summed E-state index contributed by atoms with van der Waals surface area (Å²) in [6.07, 6.45) is 3.85. The first-order valence-electron chi connectivity index (χ1n) is 4.53. The molecule has 1 heterocycles. The first-order chi connectivity index (χ1) is 6.69. The summed E-state index contributed by atoms with van der Waals surface area (Å²) in [6.45, 7) is 2.07. The van der Waals surface area contributed by atoms with Crippen molar-refractivity contribution in [2.24, 2.45) is 5.92 Å². The van der Waals surface area contributed by atoms with Crippen LogP contribution < -0.4 is 0 Å². The zero-order valence-corrected chi connectivity index (χ0v) is 10.5. The van der Waals surface area contributed by atoms with Gasteiger partial charge in [-0.3, -0.25) is 0 Å². The van der Waals surface area contributed by atoms with Crippen LogP contribution >= 0.6 is 22.6 Å². The van der Waals surface area contributed by atoms with Gasteiger partial charge in [-0.25, -0.2) is 0 Å². The van der Waals surface area contributed by atoms with Crippen LogP contribution in [0.25, 0.3) is 0 Å². The van der Waals surface area contributed by atoms with Gasteiger partial charge >= 0.3 is 0 Å². The summed E-state index contributed by atoms with van der Waals surface area (Å²) in [5, 5.41) is 9.51. The van der Waals surface area contributed by atoms with Gasteiger partial charge in [0, 0.05) is 5.92 Å². The van der Waals surface area contributed by atoms with E-state index in [2.05, 4.69) is 35.6 Å². The van der Waals surface area contributed by atoms with Gasteiger partial charge in [-0.15, -0.1) is 0 Å². The van der Waals surface area contributed by atoms with Gasteiger partial charge in [-0.2, -0.15) is 0 Å². The lowest BCUT2D eigenvalue weighted by Crippen LogP contribution is -2.32. The summed E-state index contributed by atoms with van der Waals surface area (Å²) >= 11 is 2.18. The van der Waals surface area contributed by atoms with Gasteiger partial charge in [0.1, 0.15) is 5.76 Å². The molecule has 1 aliphatic rings. The molecule has 1 aliphatic heterocycles. The Balaban J connectivity index is 2.58. The fourth-order valence-electron chi connectivity index (χ4n) is 1.38. The van der Waals surface area contributed by atoms with E-state index in [4.69, 9.17) is 9.47 Å². The Hall–Kier alpha value is -0.0700. The molecule has 0 saturated heterocycles. The molecule has 0 aromatic heterocycles. The third-order valence-corrected chi connectivity index (χ3v) is 2.71. The quantitative estimate of drug-likeness (QED) is 0.812. The lowest BCUT2D eigenvalue weighted by Gasteiger charge is -2.29. The van der Waals surface area contributed by atoms with Crippen LogP contribution in [0.1, 0.15) is 13.3 Å². The van der Waals surface area contributed by atoms with Crippen molar-refractivity contribution in [1.29, 1.82) is 0 Å². The van der Waals surface area contributed by atoms with Gasteiger partial charge in [0.05, 0.1) is 13.2 Å². The standard InChI is InChI=1S/C10H15IO3/c1-7(5-6-11)8-3-4-9(13-2)10(12)14-8/h4-8,10,12H,3H2,1-2H3/b6-5+/t7-,8?,10?/m0/s1. The maximum absolute atomic E-state index is 9.51. The minimum atomic E-state index is -0.913. The second-order valence-electron chi connectivity index (χ2n) is 3.25. The Morgan fingerprint density at radius 1 is 1.79 bits per heavy atom. The molecule has 0 bridgehead atoms. The van der Waals surface area contributed by atoms with Crippen molar-refractivity contribution in [1.82, 2.24) is 0 Å². The van der Waals surface area contributed by atoms with Gasteiger partial charge in [0.15, 0.2) is 0 Å². The summed E-state index contributed by atoms with van der Waals surface area (Å²) in [4.78, 5) is 0. The topological polar surface area (TPSA) is 38.7 Å². The SMILES string of the molecule is COC1=CCC([C@@H](C)/C=C/I)OC1O. The first kappa shape index (κ1) is 12.0. The van der Waals surface area contributed by atoms with Crippen molar-refractivity contribution >= 4 is 22.6 Å². The number of hydrogen-bond donors (Lipinski definition) is 1. The Morgan fingerprint density at radius 2 is 2.50 bits per heavy atom. The minimum absolute atomic E-state index is 0.0370. The van der Waals surface area contributed by atoms with Crippen LogP contribution in [0, 0.1) is 5.92 Å². The third kappa shape index (κ3) is 2.96. The second kappa shape index (κ2) is 5.72. The molecule has 80 valence electrons. The smallest absolute Gasteiger partial charge is 0.214 e. The highest BCUT2D eigenvalue weighted by Gasteiger charge is 2.26. The van der Waals surface area contributed by atoms with Crippen LogP contribution in [0.4, 0.5) is 0 Å². The molecular formula is C10H15IO3. The van der Waals surface area contributed by atoms with E-state index in [0.29, 0.717) is 11.7 Å². The van der Waals surface area contributed by atoms with Crippen molar-refractivity contribution in [3.63, 3.8) is 0 Å². The van der Waals surface area contributed by atoms with Crippen LogP contribution in [0.5, 0.6) is 0 Å². The van der Waals surface area contributed by atoms with E-state index >= 15 is 0 Å². The van der Waals surface area contributed by atoms with E-state index in [9.17, 15) is 5.11 Å². The van der Waals surface area contributed by atoms with Crippen LogP contribution in [-0.2, 0) is 9.47 Å². The van der Waals surface area contributed by atoms with E-state index in [-0.39, 0.29) is 6.10 Å². The highest BCUT2D eigenvalue weighted by Crippen LogP contribution is 2.24. The maximum atomic E-state index is 9.51. The normalized spacial score (nSPS) is 30.1. The zero-order chi connectivity index (χ0) is 10.6. The summed E-state index contributed by atoms with van der Waals surface area (Å²) in [7, 11) is 1.53. The first-order valence-corrected chi connectivity index (χ1v) is 5.78. The van der Waals surface area contributed by atoms with Gasteiger partial charge in [0.2, 0.25) is 6.29 Å². The predicted octanol–water partition coefficient (Wildman–Crippen LogP) is 2.21. The molecule has 0 saturated carbocycles. The molecule has 2 unspecified atom stereocenters. The predicted molar refractivity (Wildman–Crippen MR) is 62.9 cm³/mol. The highest BCUT2D eigenvalue weighted by molar-refractivity contribution is 14.1. The Labute approximate surface area is 97.9 Å². The van der Waals surface area contributed by atoms with E-state index in [1.807, 2.05) is 10.2 Å². The number of methoxy groups -OCH3 is 1. The fourth-order valence-corrected chi connectivity index (χ4v) is 2.04. The van der Waals surface area contributed by atoms with Gasteiger partial charge in [-0.1, -0.05) is 35.6 Å². The largest absolute Gasteiger partial charge is 0.496 e. The number of ether oxygens (including phenoxy) is 2. The molecule has 0 aromatic rings. The third-order valence-electron chi connectivity index (χ3n) is 2.30. The maximum Gasteiger partial charge on any atom is 0.214 e. The molecule has 14 heavy (non-hydrogen) atoms. The summed E-state index contributed by atoms with van der Waals surface area (Å²) < 4.78 is 12.3. The number of aliphatic hydroxyl groups excluding tert-OH is 1. The molecule has 4 heteroatoms. The average Bonchev–Trinajstić information content (AvgIpc) is 2.18. The van der Waals surface area contributed by atoms with E-state index in [0.717, 1.165) is 6.42 Å². The highest BCUT2D eigenvalue weighted by atomic mass is 127. The molecule has 1 rings (SSSR count). The molecule has 0 fully saturated rings. The van der Waals surface area contributed by atoms with E-state index in [1.165, 1.54) is 7.11 Å². The lowest BCUT2D eigenvalue weighted by atomic mass is 10.00. The van der Waals surface area contributed by atoms with Crippen molar-refractivity contribution in [2.45, 2.75) is 25.7 Å². The van der Waals surface area contributed by atoms with Crippen molar-refractivity contribution in [2.75, 3.05) is 7.11 Å². The summed E-state index contributed by atoms with van der Waals surface area (Å²) in [6, 6.07) is 0. The molecule has 3 atom stereocenters. The average molecular weight is 310 g/mol. The lowest BCUT2D eigenvalue weighted by molar-refractivity contribution is -0.150. The number of aliphatic hydroxyl groups is 1. The van der Waals surface area contributed by atoms with Crippen LogP contribution in [0.15, 0.2) is 22.0 Å². The Bertz CT molecular complexity index is 238. The van der Waals surface area contributed by atoms with Crippen LogP contribution in [0.3, 0.4) is 0 Å². The molecule has 0 aromatic carbocycles. The van der Waals surface area contributed by atoms with Gasteiger partial charge < -0.3 is 14.6 Å². The molecule has 0 radical (unpaired) electrons. The number of halogens is 1.